The molecule has 0 aliphatic heterocycles. The fourth-order valence-corrected chi connectivity index (χ4v) is 2.88. The van der Waals surface area contributed by atoms with E-state index in [4.69, 9.17) is 17.0 Å². The molecule has 0 saturated heterocycles. The van der Waals surface area contributed by atoms with Crippen LogP contribution in [0.1, 0.15) is 12.5 Å². The van der Waals surface area contributed by atoms with Gasteiger partial charge in [-0.3, -0.25) is 0 Å². The molecule has 25 heavy (non-hydrogen) atoms. The number of thioether (sulfide) groups is 1. The van der Waals surface area contributed by atoms with Crippen molar-refractivity contribution in [2.24, 2.45) is 5.10 Å². The van der Waals surface area contributed by atoms with Gasteiger partial charge in [0, 0.05) is 10.5 Å². The minimum absolute atomic E-state index is 0.439. The number of aromatic amines is 1. The van der Waals surface area contributed by atoms with Crippen LogP contribution in [0.15, 0.2) is 58.5 Å². The monoisotopic (exact) mass is 370 g/mol. The summed E-state index contributed by atoms with van der Waals surface area (Å²) in [6, 6.07) is 15.9. The van der Waals surface area contributed by atoms with Crippen LogP contribution >= 0.6 is 24.0 Å². The van der Waals surface area contributed by atoms with Crippen LogP contribution in [-0.4, -0.2) is 34.0 Å². The Morgan fingerprint density at radius 3 is 2.80 bits per heavy atom. The summed E-state index contributed by atoms with van der Waals surface area (Å²) in [5, 5.41) is 11.6. The Hall–Kier alpha value is -2.38. The van der Waals surface area contributed by atoms with E-state index in [9.17, 15) is 0 Å². The van der Waals surface area contributed by atoms with E-state index >= 15 is 0 Å². The average Bonchev–Trinajstić information content (AvgIpc) is 3.01. The van der Waals surface area contributed by atoms with E-state index in [1.54, 1.807) is 22.7 Å². The lowest BCUT2D eigenvalue weighted by Crippen LogP contribution is -1.96. The highest BCUT2D eigenvalue weighted by atomic mass is 32.2. The van der Waals surface area contributed by atoms with E-state index in [2.05, 4.69) is 33.7 Å². The first-order chi connectivity index (χ1) is 12.2. The van der Waals surface area contributed by atoms with Crippen molar-refractivity contribution in [3.63, 3.8) is 0 Å². The van der Waals surface area contributed by atoms with E-state index < -0.39 is 0 Å². The maximum absolute atomic E-state index is 5.55. The third-order valence-corrected chi connectivity index (χ3v) is 4.50. The van der Waals surface area contributed by atoms with Gasteiger partial charge in [0.1, 0.15) is 5.75 Å². The number of nitrogens with one attached hydrogen (secondary N) is 1. The molecule has 0 fully saturated rings. The molecule has 2 aromatic carbocycles. The van der Waals surface area contributed by atoms with E-state index in [-0.39, 0.29) is 0 Å². The van der Waals surface area contributed by atoms with Gasteiger partial charge in [0.05, 0.1) is 12.8 Å². The van der Waals surface area contributed by atoms with E-state index in [0.29, 0.717) is 17.2 Å². The molecule has 1 N–H and O–H groups in total. The number of benzene rings is 2. The fraction of sp³-hybridized carbons (Fsp3) is 0.167. The number of nitrogens with zero attached hydrogens (tertiary/aromatic N) is 3. The number of ether oxygens (including phenoxy) is 1. The molecule has 128 valence electrons. The fourth-order valence-electron chi connectivity index (χ4n) is 2.29. The molecule has 3 aromatic rings. The maximum atomic E-state index is 5.55. The Morgan fingerprint density at radius 2 is 2.08 bits per heavy atom. The molecule has 0 radical (unpaired) electrons. The van der Waals surface area contributed by atoms with Crippen molar-refractivity contribution < 1.29 is 4.74 Å². The van der Waals surface area contributed by atoms with Crippen molar-refractivity contribution in [2.45, 2.75) is 11.8 Å². The molecule has 3 rings (SSSR count). The number of aromatic nitrogens is 3. The van der Waals surface area contributed by atoms with Crippen molar-refractivity contribution in [2.75, 3.05) is 12.9 Å². The first-order valence-electron chi connectivity index (χ1n) is 7.80. The average molecular weight is 371 g/mol. The third-order valence-electron chi connectivity index (χ3n) is 3.49. The SMILES string of the molecule is CCOc1cccc(-c2n[nH]c(=S)n2/N=C\c2ccc(SC)cc2)c1. The Morgan fingerprint density at radius 1 is 1.28 bits per heavy atom. The summed E-state index contributed by atoms with van der Waals surface area (Å²) in [6.45, 7) is 2.57. The lowest BCUT2D eigenvalue weighted by Gasteiger charge is -2.05. The Kier molecular flexibility index (Phi) is 5.67. The van der Waals surface area contributed by atoms with Gasteiger partial charge < -0.3 is 4.74 Å². The normalized spacial score (nSPS) is 11.1. The minimum Gasteiger partial charge on any atom is -0.494 e. The summed E-state index contributed by atoms with van der Waals surface area (Å²) in [5.74, 6) is 1.43. The van der Waals surface area contributed by atoms with Gasteiger partial charge in [0.25, 0.3) is 0 Å². The lowest BCUT2D eigenvalue weighted by molar-refractivity contribution is 0.340. The molecule has 0 saturated carbocycles. The predicted octanol–water partition coefficient (Wildman–Crippen LogP) is 4.61. The molecule has 0 atom stereocenters. The molecule has 0 bridgehead atoms. The lowest BCUT2D eigenvalue weighted by atomic mass is 10.2. The zero-order valence-corrected chi connectivity index (χ0v) is 15.6. The zero-order valence-electron chi connectivity index (χ0n) is 14.0. The maximum Gasteiger partial charge on any atom is 0.216 e. The summed E-state index contributed by atoms with van der Waals surface area (Å²) in [7, 11) is 0. The Balaban J connectivity index is 1.92. The van der Waals surface area contributed by atoms with Crippen LogP contribution < -0.4 is 4.74 Å². The minimum atomic E-state index is 0.439. The molecular formula is C18H18N4OS2. The van der Waals surface area contributed by atoms with E-state index in [0.717, 1.165) is 16.9 Å². The van der Waals surface area contributed by atoms with Crippen LogP contribution in [0.25, 0.3) is 11.4 Å². The summed E-state index contributed by atoms with van der Waals surface area (Å²) in [6.07, 6.45) is 3.82. The van der Waals surface area contributed by atoms with Crippen LogP contribution in [-0.2, 0) is 0 Å². The van der Waals surface area contributed by atoms with Crippen LogP contribution in [0.5, 0.6) is 5.75 Å². The van der Waals surface area contributed by atoms with Crippen LogP contribution in [0.2, 0.25) is 0 Å². The highest BCUT2D eigenvalue weighted by Gasteiger charge is 2.09. The molecule has 1 heterocycles. The number of rotatable bonds is 6. The van der Waals surface area contributed by atoms with Gasteiger partial charge >= 0.3 is 0 Å². The van der Waals surface area contributed by atoms with Crippen molar-refractivity contribution in [3.05, 3.63) is 58.9 Å². The molecule has 5 nitrogen and oxygen atoms in total. The van der Waals surface area contributed by atoms with Gasteiger partial charge in [-0.1, -0.05) is 24.3 Å². The molecule has 1 aromatic heterocycles. The van der Waals surface area contributed by atoms with Crippen molar-refractivity contribution in [1.29, 1.82) is 0 Å². The number of H-pyrrole nitrogens is 1. The zero-order chi connectivity index (χ0) is 17.6. The van der Waals surface area contributed by atoms with E-state index in [1.165, 1.54) is 4.90 Å². The third kappa shape index (κ3) is 4.18. The van der Waals surface area contributed by atoms with Crippen LogP contribution in [0.4, 0.5) is 0 Å². The summed E-state index contributed by atoms with van der Waals surface area (Å²) < 4.78 is 7.60. The predicted molar refractivity (Wildman–Crippen MR) is 105 cm³/mol. The molecule has 0 spiro atoms. The standard InChI is InChI=1S/C18H18N4OS2/c1-3-23-15-6-4-5-14(11-15)17-20-21-18(24)22(17)19-12-13-7-9-16(25-2)10-8-13/h4-12H,3H2,1-2H3,(H,21,24)/b19-12-. The van der Waals surface area contributed by atoms with Gasteiger partial charge in [-0.2, -0.15) is 14.9 Å². The molecule has 0 amide bonds. The van der Waals surface area contributed by atoms with Gasteiger partial charge in [-0.15, -0.1) is 11.8 Å². The largest absolute Gasteiger partial charge is 0.494 e. The summed E-state index contributed by atoms with van der Waals surface area (Å²) in [4.78, 5) is 1.21. The number of hydrogen-bond donors (Lipinski definition) is 1. The van der Waals surface area contributed by atoms with Crippen molar-refractivity contribution in [1.82, 2.24) is 14.9 Å². The smallest absolute Gasteiger partial charge is 0.216 e. The van der Waals surface area contributed by atoms with Crippen molar-refractivity contribution >= 4 is 30.2 Å². The summed E-state index contributed by atoms with van der Waals surface area (Å²) >= 11 is 7.02. The van der Waals surface area contributed by atoms with Crippen LogP contribution in [0, 0.1) is 4.77 Å². The topological polar surface area (TPSA) is 55.2 Å². The quantitative estimate of drug-likeness (QED) is 0.391. The summed E-state index contributed by atoms with van der Waals surface area (Å²) in [5.41, 5.74) is 1.88. The Bertz CT molecular complexity index is 929. The second-order valence-electron chi connectivity index (χ2n) is 5.14. The number of hydrogen-bond acceptors (Lipinski definition) is 5. The van der Waals surface area contributed by atoms with Crippen molar-refractivity contribution in [3.8, 4) is 17.1 Å². The van der Waals surface area contributed by atoms with E-state index in [1.807, 2.05) is 43.3 Å². The molecule has 0 unspecified atom stereocenters. The second-order valence-corrected chi connectivity index (χ2v) is 6.41. The van der Waals surface area contributed by atoms with Gasteiger partial charge in [-0.05, 0) is 55.2 Å². The first-order valence-corrected chi connectivity index (χ1v) is 9.43. The molecule has 7 heteroatoms. The van der Waals surface area contributed by atoms with Gasteiger partial charge in [0.15, 0.2) is 5.82 Å². The van der Waals surface area contributed by atoms with Gasteiger partial charge in [-0.25, -0.2) is 5.10 Å². The van der Waals surface area contributed by atoms with Gasteiger partial charge in [0.2, 0.25) is 4.77 Å². The van der Waals surface area contributed by atoms with Crippen LogP contribution in [0.3, 0.4) is 0 Å². The molecular weight excluding hydrogens is 352 g/mol. The second kappa shape index (κ2) is 8.13. The Labute approximate surface area is 155 Å². The molecule has 0 aliphatic rings. The highest BCUT2D eigenvalue weighted by molar-refractivity contribution is 7.98. The highest BCUT2D eigenvalue weighted by Crippen LogP contribution is 2.22. The first kappa shape index (κ1) is 17.4. The molecule has 0 aliphatic carbocycles.